The molecule has 5 heteroatoms. The fraction of sp³-hybridized carbons (Fsp3) is 0.364. The largest absolute Gasteiger partial charge is 0.491 e. The van der Waals surface area contributed by atoms with Crippen LogP contribution in [-0.4, -0.2) is 41.9 Å². The van der Waals surface area contributed by atoms with E-state index in [9.17, 15) is 9.59 Å². The summed E-state index contributed by atoms with van der Waals surface area (Å²) >= 11 is 0. The third-order valence-corrected chi connectivity index (χ3v) is 5.13. The van der Waals surface area contributed by atoms with Gasteiger partial charge >= 0.3 is 0 Å². The second-order valence-electron chi connectivity index (χ2n) is 7.24. The normalized spacial score (nSPS) is 19.0. The van der Waals surface area contributed by atoms with Crippen molar-refractivity contribution in [3.63, 3.8) is 0 Å². The number of carbonyl (C=O) groups excluding carboxylic acids is 2. The minimum atomic E-state index is -0.0283. The number of nitrogens with zero attached hydrogens (tertiary/aromatic N) is 1. The van der Waals surface area contributed by atoms with Crippen molar-refractivity contribution in [1.29, 1.82) is 0 Å². The first-order chi connectivity index (χ1) is 13.2. The van der Waals surface area contributed by atoms with Crippen LogP contribution in [0.4, 0.5) is 0 Å². The molecule has 1 aliphatic carbocycles. The van der Waals surface area contributed by atoms with E-state index in [1.807, 2.05) is 47.4 Å². The monoisotopic (exact) mass is 364 g/mol. The van der Waals surface area contributed by atoms with Crippen LogP contribution in [0.2, 0.25) is 0 Å². The SMILES string of the molecule is O=C(NC1CC1)c1ccc(OCC2CCCN2C(=O)c2ccccc2)cc1. The Kier molecular flexibility index (Phi) is 5.10. The zero-order chi connectivity index (χ0) is 18.6. The van der Waals surface area contributed by atoms with Crippen LogP contribution < -0.4 is 10.1 Å². The molecule has 5 nitrogen and oxygen atoms in total. The molecule has 27 heavy (non-hydrogen) atoms. The number of hydrogen-bond donors (Lipinski definition) is 1. The zero-order valence-electron chi connectivity index (χ0n) is 15.3. The van der Waals surface area contributed by atoms with E-state index in [2.05, 4.69) is 5.32 Å². The van der Waals surface area contributed by atoms with Crippen molar-refractivity contribution in [3.8, 4) is 5.75 Å². The fourth-order valence-corrected chi connectivity index (χ4v) is 3.41. The third-order valence-electron chi connectivity index (χ3n) is 5.13. The lowest BCUT2D eigenvalue weighted by atomic mass is 10.1. The van der Waals surface area contributed by atoms with E-state index in [4.69, 9.17) is 4.74 Å². The highest BCUT2D eigenvalue weighted by Crippen LogP contribution is 2.23. The summed E-state index contributed by atoms with van der Waals surface area (Å²) in [5.41, 5.74) is 1.37. The summed E-state index contributed by atoms with van der Waals surface area (Å²) in [6.45, 7) is 1.23. The maximum absolute atomic E-state index is 12.7. The summed E-state index contributed by atoms with van der Waals surface area (Å²) < 4.78 is 5.91. The maximum atomic E-state index is 12.7. The van der Waals surface area contributed by atoms with Gasteiger partial charge in [-0.2, -0.15) is 0 Å². The Labute approximate surface area is 159 Å². The molecule has 1 unspecified atom stereocenters. The van der Waals surface area contributed by atoms with E-state index < -0.39 is 0 Å². The van der Waals surface area contributed by atoms with Gasteiger partial charge in [-0.3, -0.25) is 9.59 Å². The zero-order valence-corrected chi connectivity index (χ0v) is 15.3. The standard InChI is InChI=1S/C22H24N2O3/c25-21(23-18-10-11-18)16-8-12-20(13-9-16)27-15-19-7-4-14-24(19)22(26)17-5-2-1-3-6-17/h1-3,5-6,8-9,12-13,18-19H,4,7,10-11,14-15H2,(H,23,25). The maximum Gasteiger partial charge on any atom is 0.254 e. The molecule has 2 aromatic rings. The van der Waals surface area contributed by atoms with E-state index in [1.165, 1.54) is 0 Å². The summed E-state index contributed by atoms with van der Waals surface area (Å²) in [6.07, 6.45) is 4.09. The van der Waals surface area contributed by atoms with E-state index in [0.29, 0.717) is 18.2 Å². The molecule has 2 fully saturated rings. The van der Waals surface area contributed by atoms with Gasteiger partial charge in [-0.1, -0.05) is 18.2 Å². The van der Waals surface area contributed by atoms with Gasteiger partial charge in [0.1, 0.15) is 12.4 Å². The number of ether oxygens (including phenoxy) is 1. The highest BCUT2D eigenvalue weighted by molar-refractivity contribution is 5.95. The second-order valence-corrected chi connectivity index (χ2v) is 7.24. The minimum absolute atomic E-state index is 0.0283. The van der Waals surface area contributed by atoms with Crippen LogP contribution in [-0.2, 0) is 0 Å². The van der Waals surface area contributed by atoms with Gasteiger partial charge in [-0.15, -0.1) is 0 Å². The van der Waals surface area contributed by atoms with Crippen molar-refractivity contribution in [1.82, 2.24) is 10.2 Å². The van der Waals surface area contributed by atoms with E-state index in [1.54, 1.807) is 12.1 Å². The first kappa shape index (κ1) is 17.6. The van der Waals surface area contributed by atoms with Crippen LogP contribution in [0.3, 0.4) is 0 Å². The molecule has 2 aliphatic rings. The van der Waals surface area contributed by atoms with Gasteiger partial charge < -0.3 is 15.0 Å². The molecule has 1 N–H and O–H groups in total. The van der Waals surface area contributed by atoms with Crippen LogP contribution in [0, 0.1) is 0 Å². The van der Waals surface area contributed by atoms with Crippen molar-refractivity contribution in [2.45, 2.75) is 37.8 Å². The summed E-state index contributed by atoms with van der Waals surface area (Å²) in [5, 5.41) is 2.98. The topological polar surface area (TPSA) is 58.6 Å². The molecule has 1 heterocycles. The first-order valence-corrected chi connectivity index (χ1v) is 9.60. The summed E-state index contributed by atoms with van der Waals surface area (Å²) in [5.74, 6) is 0.755. The van der Waals surface area contributed by atoms with Gasteiger partial charge in [0.25, 0.3) is 11.8 Å². The summed E-state index contributed by atoms with van der Waals surface area (Å²) in [4.78, 5) is 26.6. The Morgan fingerprint density at radius 3 is 2.41 bits per heavy atom. The molecule has 1 aliphatic heterocycles. The van der Waals surface area contributed by atoms with Crippen molar-refractivity contribution < 1.29 is 14.3 Å². The van der Waals surface area contributed by atoms with Crippen molar-refractivity contribution >= 4 is 11.8 Å². The molecular formula is C22H24N2O3. The average molecular weight is 364 g/mol. The highest BCUT2D eigenvalue weighted by atomic mass is 16.5. The molecule has 0 spiro atoms. The third kappa shape index (κ3) is 4.30. The Hall–Kier alpha value is -2.82. The lowest BCUT2D eigenvalue weighted by molar-refractivity contribution is 0.0691. The number of hydrogen-bond acceptors (Lipinski definition) is 3. The summed E-state index contributed by atoms with van der Waals surface area (Å²) in [7, 11) is 0. The number of nitrogens with one attached hydrogen (secondary N) is 1. The van der Waals surface area contributed by atoms with Crippen LogP contribution in [0.25, 0.3) is 0 Å². The molecule has 0 radical (unpaired) electrons. The number of benzene rings is 2. The van der Waals surface area contributed by atoms with E-state index >= 15 is 0 Å². The predicted molar refractivity (Wildman–Crippen MR) is 103 cm³/mol. The van der Waals surface area contributed by atoms with Gasteiger partial charge in [0.05, 0.1) is 6.04 Å². The van der Waals surface area contributed by atoms with Crippen molar-refractivity contribution in [2.24, 2.45) is 0 Å². The Bertz CT molecular complexity index is 800. The fourth-order valence-electron chi connectivity index (χ4n) is 3.41. The van der Waals surface area contributed by atoms with Gasteiger partial charge in [0.2, 0.25) is 0 Å². The highest BCUT2D eigenvalue weighted by Gasteiger charge is 2.30. The molecule has 2 aromatic carbocycles. The lowest BCUT2D eigenvalue weighted by Crippen LogP contribution is -2.39. The van der Waals surface area contributed by atoms with Crippen LogP contribution in [0.15, 0.2) is 54.6 Å². The van der Waals surface area contributed by atoms with E-state index in [0.717, 1.165) is 43.5 Å². The number of amides is 2. The summed E-state index contributed by atoms with van der Waals surface area (Å²) in [6, 6.07) is 17.0. The van der Waals surface area contributed by atoms with Gasteiger partial charge in [0, 0.05) is 23.7 Å². The van der Waals surface area contributed by atoms with Crippen LogP contribution in [0.5, 0.6) is 5.75 Å². The van der Waals surface area contributed by atoms with Gasteiger partial charge in [-0.05, 0) is 62.1 Å². The van der Waals surface area contributed by atoms with Crippen molar-refractivity contribution in [2.75, 3.05) is 13.2 Å². The first-order valence-electron chi connectivity index (χ1n) is 9.60. The smallest absolute Gasteiger partial charge is 0.254 e. The molecule has 4 rings (SSSR count). The number of rotatable bonds is 6. The average Bonchev–Trinajstić information content (AvgIpc) is 3.40. The Morgan fingerprint density at radius 2 is 1.70 bits per heavy atom. The quantitative estimate of drug-likeness (QED) is 0.856. The van der Waals surface area contributed by atoms with Gasteiger partial charge in [-0.25, -0.2) is 0 Å². The molecule has 1 saturated heterocycles. The van der Waals surface area contributed by atoms with Crippen LogP contribution >= 0.6 is 0 Å². The number of likely N-dealkylation sites (tertiary alicyclic amines) is 1. The minimum Gasteiger partial charge on any atom is -0.491 e. The molecule has 0 aromatic heterocycles. The molecule has 1 saturated carbocycles. The number of carbonyl (C=O) groups is 2. The molecule has 2 amide bonds. The molecule has 1 atom stereocenters. The van der Waals surface area contributed by atoms with Crippen molar-refractivity contribution in [3.05, 3.63) is 65.7 Å². The molecular weight excluding hydrogens is 340 g/mol. The molecule has 0 bridgehead atoms. The Morgan fingerprint density at radius 1 is 0.963 bits per heavy atom. The van der Waals surface area contributed by atoms with Crippen LogP contribution in [0.1, 0.15) is 46.4 Å². The predicted octanol–water partition coefficient (Wildman–Crippen LogP) is 3.26. The van der Waals surface area contributed by atoms with E-state index in [-0.39, 0.29) is 17.9 Å². The molecule has 140 valence electrons. The second kappa shape index (κ2) is 7.82. The Balaban J connectivity index is 1.33. The lowest BCUT2D eigenvalue weighted by Gasteiger charge is -2.25. The van der Waals surface area contributed by atoms with Gasteiger partial charge in [0.15, 0.2) is 0 Å².